The predicted molar refractivity (Wildman–Crippen MR) is 125 cm³/mol. The molecule has 3 aromatic carbocycles. The van der Waals surface area contributed by atoms with E-state index in [4.69, 9.17) is 16.3 Å². The van der Waals surface area contributed by atoms with E-state index in [0.29, 0.717) is 12.1 Å². The Morgan fingerprint density at radius 3 is 2.48 bits per heavy atom. The van der Waals surface area contributed by atoms with Gasteiger partial charge < -0.3 is 9.64 Å². The molecule has 0 bridgehead atoms. The van der Waals surface area contributed by atoms with Crippen molar-refractivity contribution in [3.8, 4) is 0 Å². The highest BCUT2D eigenvalue weighted by Gasteiger charge is 2.23. The van der Waals surface area contributed by atoms with Crippen molar-refractivity contribution in [2.75, 3.05) is 18.1 Å². The molecule has 0 aromatic heterocycles. The van der Waals surface area contributed by atoms with E-state index in [1.54, 1.807) is 28.8 Å². The number of amides is 1. The van der Waals surface area contributed by atoms with Crippen LogP contribution in [0.3, 0.4) is 0 Å². The summed E-state index contributed by atoms with van der Waals surface area (Å²) in [5.74, 6) is 0.0936. The Morgan fingerprint density at radius 1 is 0.968 bits per heavy atom. The van der Waals surface area contributed by atoms with E-state index in [9.17, 15) is 9.59 Å². The third-order valence-electron chi connectivity index (χ3n) is 5.15. The molecule has 4 nitrogen and oxygen atoms in total. The number of aryl methyl sites for hydroxylation is 1. The lowest BCUT2D eigenvalue weighted by molar-refractivity contribution is -0.121. The first-order valence-electron chi connectivity index (χ1n) is 10.1. The molecule has 0 saturated heterocycles. The standard InChI is InChI=1S/C25H22ClNO3S/c26-21-11-13-22(14-12-21)31-17-18-7-9-20(10-8-18)25(29)30-16-24(28)27-15-3-5-19-4-1-2-6-23(19)27/h1-2,4,6-14H,3,5,15-17H2. The summed E-state index contributed by atoms with van der Waals surface area (Å²) in [4.78, 5) is 27.9. The number of esters is 1. The zero-order chi connectivity index (χ0) is 21.6. The van der Waals surface area contributed by atoms with Gasteiger partial charge in [-0.15, -0.1) is 11.8 Å². The van der Waals surface area contributed by atoms with Crippen LogP contribution in [0.25, 0.3) is 0 Å². The predicted octanol–water partition coefficient (Wildman–Crippen LogP) is 5.77. The molecule has 0 fully saturated rings. The van der Waals surface area contributed by atoms with Crippen molar-refractivity contribution in [2.45, 2.75) is 23.5 Å². The van der Waals surface area contributed by atoms with Gasteiger partial charge in [-0.1, -0.05) is 41.9 Å². The number of para-hydroxylation sites is 1. The topological polar surface area (TPSA) is 46.6 Å². The molecule has 0 saturated carbocycles. The van der Waals surface area contributed by atoms with Crippen LogP contribution in [-0.4, -0.2) is 25.0 Å². The van der Waals surface area contributed by atoms with Gasteiger partial charge >= 0.3 is 5.97 Å². The quantitative estimate of drug-likeness (QED) is 0.352. The molecule has 0 spiro atoms. The van der Waals surface area contributed by atoms with E-state index >= 15 is 0 Å². The van der Waals surface area contributed by atoms with Gasteiger partial charge in [0.05, 0.1) is 5.56 Å². The maximum absolute atomic E-state index is 12.6. The average molecular weight is 452 g/mol. The lowest BCUT2D eigenvalue weighted by atomic mass is 10.0. The van der Waals surface area contributed by atoms with E-state index in [1.807, 2.05) is 60.7 Å². The molecule has 0 radical (unpaired) electrons. The number of carbonyl (C=O) groups is 2. The number of hydrogen-bond acceptors (Lipinski definition) is 4. The molecule has 158 valence electrons. The number of rotatable bonds is 6. The fraction of sp³-hybridized carbons (Fsp3) is 0.200. The maximum Gasteiger partial charge on any atom is 0.338 e. The number of nitrogens with zero attached hydrogens (tertiary/aromatic N) is 1. The largest absolute Gasteiger partial charge is 0.452 e. The first-order chi connectivity index (χ1) is 15.1. The molecule has 0 unspecified atom stereocenters. The van der Waals surface area contributed by atoms with Gasteiger partial charge in [0.1, 0.15) is 0 Å². The van der Waals surface area contributed by atoms with Crippen LogP contribution in [0, 0.1) is 0 Å². The smallest absolute Gasteiger partial charge is 0.338 e. The van der Waals surface area contributed by atoms with Crippen LogP contribution in [0.5, 0.6) is 0 Å². The third kappa shape index (κ3) is 5.49. The highest BCUT2D eigenvalue weighted by atomic mass is 35.5. The number of anilines is 1. The van der Waals surface area contributed by atoms with Crippen LogP contribution in [0.4, 0.5) is 5.69 Å². The molecule has 0 aliphatic carbocycles. The van der Waals surface area contributed by atoms with Gasteiger partial charge in [0, 0.05) is 27.9 Å². The number of carbonyl (C=O) groups excluding carboxylic acids is 2. The lowest BCUT2D eigenvalue weighted by Gasteiger charge is -2.29. The number of hydrogen-bond donors (Lipinski definition) is 0. The molecule has 1 amide bonds. The second-order valence-corrected chi connectivity index (χ2v) is 8.78. The Bertz CT molecular complexity index is 1070. The normalized spacial score (nSPS) is 12.9. The number of benzene rings is 3. The van der Waals surface area contributed by atoms with Crippen LogP contribution in [0.15, 0.2) is 77.7 Å². The number of halogens is 1. The van der Waals surface area contributed by atoms with Gasteiger partial charge in [-0.25, -0.2) is 4.79 Å². The van der Waals surface area contributed by atoms with Crippen molar-refractivity contribution in [1.29, 1.82) is 0 Å². The van der Waals surface area contributed by atoms with Gasteiger partial charge in [-0.05, 0) is 66.4 Å². The van der Waals surface area contributed by atoms with Crippen LogP contribution in [0.1, 0.15) is 27.9 Å². The summed E-state index contributed by atoms with van der Waals surface area (Å²) in [6.07, 6.45) is 1.87. The molecule has 3 aromatic rings. The second-order valence-electron chi connectivity index (χ2n) is 7.29. The molecule has 1 aliphatic heterocycles. The van der Waals surface area contributed by atoms with Crippen LogP contribution >= 0.6 is 23.4 Å². The van der Waals surface area contributed by atoms with E-state index in [-0.39, 0.29) is 12.5 Å². The van der Waals surface area contributed by atoms with Crippen molar-refractivity contribution in [3.63, 3.8) is 0 Å². The van der Waals surface area contributed by atoms with E-state index in [1.165, 1.54) is 0 Å². The molecule has 1 heterocycles. The Hall–Kier alpha value is -2.76. The molecule has 6 heteroatoms. The lowest BCUT2D eigenvalue weighted by Crippen LogP contribution is -2.38. The Morgan fingerprint density at radius 2 is 1.71 bits per heavy atom. The monoisotopic (exact) mass is 451 g/mol. The molecule has 1 aliphatic rings. The fourth-order valence-electron chi connectivity index (χ4n) is 3.52. The first kappa shape index (κ1) is 21.5. The molecule has 31 heavy (non-hydrogen) atoms. The zero-order valence-corrected chi connectivity index (χ0v) is 18.5. The van der Waals surface area contributed by atoms with Crippen molar-refractivity contribution < 1.29 is 14.3 Å². The summed E-state index contributed by atoms with van der Waals surface area (Å²) in [6, 6.07) is 22.9. The van der Waals surface area contributed by atoms with Crippen LogP contribution in [-0.2, 0) is 21.7 Å². The SMILES string of the molecule is O=C(OCC(=O)N1CCCc2ccccc21)c1ccc(CSc2ccc(Cl)cc2)cc1. The summed E-state index contributed by atoms with van der Waals surface area (Å²) in [6.45, 7) is 0.384. The minimum Gasteiger partial charge on any atom is -0.452 e. The molecular formula is C25H22ClNO3S. The van der Waals surface area contributed by atoms with Crippen molar-refractivity contribution in [2.24, 2.45) is 0 Å². The van der Waals surface area contributed by atoms with Gasteiger partial charge in [0.15, 0.2) is 6.61 Å². The van der Waals surface area contributed by atoms with Crippen molar-refractivity contribution >= 4 is 40.9 Å². The van der Waals surface area contributed by atoms with Gasteiger partial charge in [-0.3, -0.25) is 4.79 Å². The Labute approximate surface area is 191 Å². The number of thioether (sulfide) groups is 1. The maximum atomic E-state index is 12.6. The summed E-state index contributed by atoms with van der Waals surface area (Å²) >= 11 is 7.61. The van der Waals surface area contributed by atoms with E-state index in [2.05, 4.69) is 0 Å². The van der Waals surface area contributed by atoms with Gasteiger partial charge in [0.2, 0.25) is 0 Å². The Kier molecular flexibility index (Phi) is 6.95. The van der Waals surface area contributed by atoms with Gasteiger partial charge in [0.25, 0.3) is 5.91 Å². The fourth-order valence-corrected chi connectivity index (χ4v) is 4.50. The molecule has 4 rings (SSSR count). The average Bonchev–Trinajstić information content (AvgIpc) is 2.82. The van der Waals surface area contributed by atoms with Crippen molar-refractivity contribution in [1.82, 2.24) is 0 Å². The minimum atomic E-state index is -0.490. The summed E-state index contributed by atoms with van der Waals surface area (Å²) < 4.78 is 5.29. The molecule has 0 N–H and O–H groups in total. The molecule has 0 atom stereocenters. The number of ether oxygens (including phenoxy) is 1. The molecular weight excluding hydrogens is 430 g/mol. The highest BCUT2D eigenvalue weighted by molar-refractivity contribution is 7.98. The van der Waals surface area contributed by atoms with Crippen LogP contribution < -0.4 is 4.90 Å². The zero-order valence-electron chi connectivity index (χ0n) is 16.9. The van der Waals surface area contributed by atoms with Crippen molar-refractivity contribution in [3.05, 3.63) is 94.5 Å². The summed E-state index contributed by atoms with van der Waals surface area (Å²) in [7, 11) is 0. The summed E-state index contributed by atoms with van der Waals surface area (Å²) in [5.41, 5.74) is 3.60. The van der Waals surface area contributed by atoms with E-state index < -0.39 is 5.97 Å². The highest BCUT2D eigenvalue weighted by Crippen LogP contribution is 2.27. The van der Waals surface area contributed by atoms with E-state index in [0.717, 1.165) is 45.3 Å². The van der Waals surface area contributed by atoms with Crippen LogP contribution in [0.2, 0.25) is 5.02 Å². The van der Waals surface area contributed by atoms with Gasteiger partial charge in [-0.2, -0.15) is 0 Å². The summed E-state index contributed by atoms with van der Waals surface area (Å²) in [5, 5.41) is 0.718. The third-order valence-corrected chi connectivity index (χ3v) is 6.48. The minimum absolute atomic E-state index is 0.198. The Balaban J connectivity index is 1.30. The first-order valence-corrected chi connectivity index (χ1v) is 11.5. The number of fused-ring (bicyclic) bond motifs is 1. The second kappa shape index (κ2) is 10.0.